The molecule has 3 heteroatoms. The van der Waals surface area contributed by atoms with Crippen molar-refractivity contribution in [1.82, 2.24) is 5.32 Å². The first-order valence-electron chi connectivity index (χ1n) is 7.34. The highest BCUT2D eigenvalue weighted by Crippen LogP contribution is 2.25. The average molecular weight is 284 g/mol. The normalized spacial score (nSPS) is 19.1. The van der Waals surface area contributed by atoms with Crippen LogP contribution >= 0.6 is 11.6 Å². The zero-order valence-electron chi connectivity index (χ0n) is 11.6. The van der Waals surface area contributed by atoms with Gasteiger partial charge in [0.15, 0.2) is 0 Å². The second kappa shape index (κ2) is 7.25. The Labute approximate surface area is 120 Å². The molecular formula is C16H23ClFN. The van der Waals surface area contributed by atoms with Crippen molar-refractivity contribution < 1.29 is 4.39 Å². The highest BCUT2D eigenvalue weighted by Gasteiger charge is 2.18. The van der Waals surface area contributed by atoms with Crippen LogP contribution in [-0.4, -0.2) is 6.04 Å². The maximum absolute atomic E-state index is 13.6. The smallest absolute Gasteiger partial charge is 0.127 e. The molecule has 0 saturated heterocycles. The summed E-state index contributed by atoms with van der Waals surface area (Å²) < 4.78 is 13.6. The Morgan fingerprint density at radius 2 is 1.95 bits per heavy atom. The van der Waals surface area contributed by atoms with E-state index in [0.717, 1.165) is 5.92 Å². The highest BCUT2D eigenvalue weighted by atomic mass is 35.5. The lowest BCUT2D eigenvalue weighted by Crippen LogP contribution is -2.33. The minimum absolute atomic E-state index is 0.176. The molecule has 1 aromatic carbocycles. The molecule has 19 heavy (non-hydrogen) atoms. The van der Waals surface area contributed by atoms with Gasteiger partial charge in [0.25, 0.3) is 0 Å². The maximum Gasteiger partial charge on any atom is 0.127 e. The largest absolute Gasteiger partial charge is 0.310 e. The van der Waals surface area contributed by atoms with Crippen molar-refractivity contribution in [2.24, 2.45) is 5.92 Å². The Hall–Kier alpha value is -0.600. The van der Waals surface area contributed by atoms with E-state index in [-0.39, 0.29) is 5.82 Å². The zero-order valence-corrected chi connectivity index (χ0v) is 12.3. The van der Waals surface area contributed by atoms with Gasteiger partial charge in [-0.25, -0.2) is 4.39 Å². The molecule has 0 spiro atoms. The first-order valence-corrected chi connectivity index (χ1v) is 7.72. The van der Waals surface area contributed by atoms with E-state index in [1.165, 1.54) is 44.6 Å². The SMILES string of the molecule is C[C@@H](NCc1cc(Cl)ccc1F)C1CCCCCC1. The molecule has 1 aliphatic carbocycles. The summed E-state index contributed by atoms with van der Waals surface area (Å²) in [7, 11) is 0. The summed E-state index contributed by atoms with van der Waals surface area (Å²) in [5.41, 5.74) is 0.660. The molecule has 106 valence electrons. The van der Waals surface area contributed by atoms with Gasteiger partial charge in [-0.05, 0) is 43.9 Å². The molecule has 0 radical (unpaired) electrons. The van der Waals surface area contributed by atoms with Gasteiger partial charge in [0.05, 0.1) is 0 Å². The molecule has 0 heterocycles. The second-order valence-electron chi connectivity index (χ2n) is 5.66. The van der Waals surface area contributed by atoms with E-state index < -0.39 is 0 Å². The highest BCUT2D eigenvalue weighted by molar-refractivity contribution is 6.30. The summed E-state index contributed by atoms with van der Waals surface area (Å²) in [4.78, 5) is 0. The molecular weight excluding hydrogens is 261 g/mol. The second-order valence-corrected chi connectivity index (χ2v) is 6.09. The van der Waals surface area contributed by atoms with Crippen molar-refractivity contribution in [3.63, 3.8) is 0 Å². The average Bonchev–Trinajstić information content (AvgIpc) is 2.68. The summed E-state index contributed by atoms with van der Waals surface area (Å²) in [6.07, 6.45) is 8.00. The molecule has 0 aliphatic heterocycles. The lowest BCUT2D eigenvalue weighted by molar-refractivity contribution is 0.335. The van der Waals surface area contributed by atoms with Gasteiger partial charge in [-0.3, -0.25) is 0 Å². The molecule has 1 atom stereocenters. The number of hydrogen-bond donors (Lipinski definition) is 1. The van der Waals surface area contributed by atoms with Crippen LogP contribution in [0.25, 0.3) is 0 Å². The van der Waals surface area contributed by atoms with E-state index in [1.54, 1.807) is 12.1 Å². The predicted molar refractivity (Wildman–Crippen MR) is 78.9 cm³/mol. The fraction of sp³-hybridized carbons (Fsp3) is 0.625. The van der Waals surface area contributed by atoms with Gasteiger partial charge >= 0.3 is 0 Å². The van der Waals surface area contributed by atoms with Gasteiger partial charge in [-0.1, -0.05) is 37.3 Å². The molecule has 1 N–H and O–H groups in total. The zero-order chi connectivity index (χ0) is 13.7. The third-order valence-electron chi connectivity index (χ3n) is 4.23. The summed E-state index contributed by atoms with van der Waals surface area (Å²) in [5, 5.41) is 4.06. The molecule has 0 aromatic heterocycles. The van der Waals surface area contributed by atoms with Crippen molar-refractivity contribution in [2.45, 2.75) is 58.0 Å². The molecule has 1 aliphatic rings. The van der Waals surface area contributed by atoms with Crippen LogP contribution in [0.5, 0.6) is 0 Å². The van der Waals surface area contributed by atoms with Crippen LogP contribution < -0.4 is 5.32 Å². The Bertz CT molecular complexity index is 400. The summed E-state index contributed by atoms with van der Waals surface area (Å²) in [6, 6.07) is 5.19. The van der Waals surface area contributed by atoms with E-state index >= 15 is 0 Å². The third-order valence-corrected chi connectivity index (χ3v) is 4.46. The Morgan fingerprint density at radius 1 is 1.26 bits per heavy atom. The van der Waals surface area contributed by atoms with E-state index in [0.29, 0.717) is 23.2 Å². The van der Waals surface area contributed by atoms with Crippen LogP contribution in [-0.2, 0) is 6.54 Å². The van der Waals surface area contributed by atoms with Crippen molar-refractivity contribution >= 4 is 11.6 Å². The molecule has 0 bridgehead atoms. The minimum atomic E-state index is -0.176. The van der Waals surface area contributed by atoms with E-state index in [1.807, 2.05) is 0 Å². The van der Waals surface area contributed by atoms with E-state index in [4.69, 9.17) is 11.6 Å². The first kappa shape index (κ1) is 14.8. The predicted octanol–water partition coefficient (Wildman–Crippen LogP) is 4.93. The molecule has 2 rings (SSSR count). The molecule has 0 unspecified atom stereocenters. The molecule has 0 amide bonds. The van der Waals surface area contributed by atoms with Crippen molar-refractivity contribution in [3.8, 4) is 0 Å². The number of nitrogens with one attached hydrogen (secondary N) is 1. The van der Waals surface area contributed by atoms with Gasteiger partial charge in [0, 0.05) is 23.2 Å². The first-order chi connectivity index (χ1) is 9.16. The summed E-state index contributed by atoms with van der Waals surface area (Å²) >= 11 is 5.91. The van der Waals surface area contributed by atoms with Crippen molar-refractivity contribution in [2.75, 3.05) is 0 Å². The fourth-order valence-electron chi connectivity index (χ4n) is 2.93. The molecule has 1 fully saturated rings. The summed E-state index contributed by atoms with van der Waals surface area (Å²) in [6.45, 7) is 2.78. The standard InChI is InChI=1S/C16H23ClFN/c1-12(13-6-4-2-3-5-7-13)19-11-14-10-15(17)8-9-16(14)18/h8-10,12-13,19H,2-7,11H2,1H3/t12-/m1/s1. The lowest BCUT2D eigenvalue weighted by Gasteiger charge is -2.23. The van der Waals surface area contributed by atoms with Crippen molar-refractivity contribution in [1.29, 1.82) is 0 Å². The fourth-order valence-corrected chi connectivity index (χ4v) is 3.12. The number of rotatable bonds is 4. The maximum atomic E-state index is 13.6. The monoisotopic (exact) mass is 283 g/mol. The van der Waals surface area contributed by atoms with Crippen LogP contribution in [0.2, 0.25) is 5.02 Å². The quantitative estimate of drug-likeness (QED) is 0.773. The lowest BCUT2D eigenvalue weighted by atomic mass is 9.93. The number of benzene rings is 1. The summed E-state index contributed by atoms with van der Waals surface area (Å²) in [5.74, 6) is 0.551. The third kappa shape index (κ3) is 4.47. The van der Waals surface area contributed by atoms with Gasteiger partial charge in [-0.15, -0.1) is 0 Å². The molecule has 1 saturated carbocycles. The number of hydrogen-bond acceptors (Lipinski definition) is 1. The van der Waals surface area contributed by atoms with Crippen LogP contribution in [0, 0.1) is 11.7 Å². The van der Waals surface area contributed by atoms with Gasteiger partial charge in [0.2, 0.25) is 0 Å². The molecule has 1 aromatic rings. The topological polar surface area (TPSA) is 12.0 Å². The minimum Gasteiger partial charge on any atom is -0.310 e. The Kier molecular flexibility index (Phi) is 5.65. The Morgan fingerprint density at radius 3 is 2.63 bits per heavy atom. The van der Waals surface area contributed by atoms with Crippen LogP contribution in [0.15, 0.2) is 18.2 Å². The van der Waals surface area contributed by atoms with Gasteiger partial charge in [-0.2, -0.15) is 0 Å². The van der Waals surface area contributed by atoms with Gasteiger partial charge < -0.3 is 5.32 Å². The van der Waals surface area contributed by atoms with E-state index in [2.05, 4.69) is 12.2 Å². The van der Waals surface area contributed by atoms with Crippen LogP contribution in [0.4, 0.5) is 4.39 Å². The molecule has 1 nitrogen and oxygen atoms in total. The van der Waals surface area contributed by atoms with Crippen molar-refractivity contribution in [3.05, 3.63) is 34.6 Å². The van der Waals surface area contributed by atoms with Crippen LogP contribution in [0.3, 0.4) is 0 Å². The van der Waals surface area contributed by atoms with Crippen LogP contribution in [0.1, 0.15) is 51.0 Å². The Balaban J connectivity index is 1.88. The van der Waals surface area contributed by atoms with E-state index in [9.17, 15) is 4.39 Å². The number of halogens is 2. The van der Waals surface area contributed by atoms with Gasteiger partial charge in [0.1, 0.15) is 5.82 Å².